The van der Waals surface area contributed by atoms with Crippen molar-refractivity contribution in [1.82, 2.24) is 4.98 Å². The van der Waals surface area contributed by atoms with Gasteiger partial charge in [0.2, 0.25) is 5.91 Å². The maximum absolute atomic E-state index is 10.8. The number of carboxylic acid groups (broad SMARTS) is 1. The minimum absolute atomic E-state index is 0.0827. The van der Waals surface area contributed by atoms with E-state index >= 15 is 0 Å². The van der Waals surface area contributed by atoms with Gasteiger partial charge in [-0.3, -0.25) is 10.1 Å². The molecular weight excluding hydrogens is 192 g/mol. The number of carbonyl (C=O) groups is 2. The second-order valence-corrected chi connectivity index (χ2v) is 3.06. The topological polar surface area (TPSA) is 79.3 Å². The molecule has 1 rings (SSSR count). The lowest BCUT2D eigenvalue weighted by molar-refractivity contribution is -0.111. The van der Waals surface area contributed by atoms with Crippen molar-refractivity contribution in [2.75, 3.05) is 5.32 Å². The second-order valence-electron chi connectivity index (χ2n) is 2.03. The van der Waals surface area contributed by atoms with Crippen LogP contribution in [-0.4, -0.2) is 22.0 Å². The predicted octanol–water partition coefficient (Wildman–Crippen LogP) is 0.966. The average molecular weight is 198 g/mol. The zero-order valence-electron chi connectivity index (χ0n) is 6.48. The first kappa shape index (κ1) is 9.40. The molecule has 1 aromatic rings. The number of hydrogen-bond acceptors (Lipinski definition) is 4. The van der Waals surface area contributed by atoms with Gasteiger partial charge in [0.05, 0.1) is 6.20 Å². The summed E-state index contributed by atoms with van der Waals surface area (Å²) < 4.78 is 0. The first-order valence-electron chi connectivity index (χ1n) is 3.26. The SMILES string of the molecule is C=CC(=O)Nc1ncc(C(=O)O)s1. The summed E-state index contributed by atoms with van der Waals surface area (Å²) in [4.78, 5) is 24.9. The van der Waals surface area contributed by atoms with Crippen LogP contribution in [0.1, 0.15) is 9.67 Å². The fourth-order valence-corrected chi connectivity index (χ4v) is 1.25. The van der Waals surface area contributed by atoms with Gasteiger partial charge < -0.3 is 5.11 Å². The van der Waals surface area contributed by atoms with Gasteiger partial charge in [0.1, 0.15) is 4.88 Å². The van der Waals surface area contributed by atoms with Crippen molar-refractivity contribution < 1.29 is 14.7 Å². The van der Waals surface area contributed by atoms with E-state index in [1.54, 1.807) is 0 Å². The molecule has 0 unspecified atom stereocenters. The Balaban J connectivity index is 2.74. The van der Waals surface area contributed by atoms with Crippen molar-refractivity contribution in [3.63, 3.8) is 0 Å². The molecule has 0 saturated heterocycles. The maximum Gasteiger partial charge on any atom is 0.347 e. The van der Waals surface area contributed by atoms with Crippen LogP contribution in [0.2, 0.25) is 0 Å². The van der Waals surface area contributed by atoms with E-state index in [4.69, 9.17) is 5.11 Å². The molecule has 68 valence electrons. The molecule has 0 aromatic carbocycles. The fraction of sp³-hybridized carbons (Fsp3) is 0. The monoisotopic (exact) mass is 198 g/mol. The van der Waals surface area contributed by atoms with Gasteiger partial charge in [-0.15, -0.1) is 0 Å². The van der Waals surface area contributed by atoms with Crippen LogP contribution in [0.15, 0.2) is 18.9 Å². The number of amides is 1. The second kappa shape index (κ2) is 3.81. The Morgan fingerprint density at radius 1 is 1.69 bits per heavy atom. The van der Waals surface area contributed by atoms with Gasteiger partial charge in [0, 0.05) is 0 Å². The average Bonchev–Trinajstić information content (AvgIpc) is 2.52. The molecule has 6 heteroatoms. The Morgan fingerprint density at radius 2 is 2.38 bits per heavy atom. The summed E-state index contributed by atoms with van der Waals surface area (Å²) >= 11 is 0.894. The standard InChI is InChI=1S/C7H6N2O3S/c1-2-5(10)9-7-8-3-4(13-7)6(11)12/h2-3H,1H2,(H,11,12)(H,8,9,10). The van der Waals surface area contributed by atoms with Crippen LogP contribution < -0.4 is 5.32 Å². The molecule has 0 aliphatic rings. The summed E-state index contributed by atoms with van der Waals surface area (Å²) in [6.07, 6.45) is 2.27. The molecule has 0 saturated carbocycles. The van der Waals surface area contributed by atoms with E-state index in [0.29, 0.717) is 0 Å². The number of rotatable bonds is 3. The third-order valence-corrected chi connectivity index (χ3v) is 2.03. The number of carboxylic acids is 1. The van der Waals surface area contributed by atoms with Crippen LogP contribution in [0, 0.1) is 0 Å². The van der Waals surface area contributed by atoms with E-state index in [-0.39, 0.29) is 10.0 Å². The minimum Gasteiger partial charge on any atom is -0.477 e. The van der Waals surface area contributed by atoms with Crippen LogP contribution in [-0.2, 0) is 4.79 Å². The number of carbonyl (C=O) groups excluding carboxylic acids is 1. The summed E-state index contributed by atoms with van der Waals surface area (Å²) in [5, 5.41) is 11.1. The van der Waals surface area contributed by atoms with Crippen molar-refractivity contribution >= 4 is 28.3 Å². The Morgan fingerprint density at radius 3 is 2.85 bits per heavy atom. The molecule has 0 radical (unpaired) electrons. The maximum atomic E-state index is 10.8. The Labute approximate surface area is 77.7 Å². The van der Waals surface area contributed by atoms with Crippen LogP contribution in [0.25, 0.3) is 0 Å². The van der Waals surface area contributed by atoms with E-state index < -0.39 is 11.9 Å². The minimum atomic E-state index is -1.06. The van der Waals surface area contributed by atoms with Gasteiger partial charge in [-0.05, 0) is 6.08 Å². The molecule has 1 heterocycles. The lowest BCUT2D eigenvalue weighted by Crippen LogP contribution is -2.06. The van der Waals surface area contributed by atoms with Crippen LogP contribution in [0.5, 0.6) is 0 Å². The molecular formula is C7H6N2O3S. The Kier molecular flexibility index (Phi) is 2.76. The fourth-order valence-electron chi connectivity index (χ4n) is 0.587. The lowest BCUT2D eigenvalue weighted by atomic mass is 10.6. The van der Waals surface area contributed by atoms with E-state index in [9.17, 15) is 9.59 Å². The van der Waals surface area contributed by atoms with Gasteiger partial charge in [-0.2, -0.15) is 0 Å². The number of nitrogens with zero attached hydrogens (tertiary/aromatic N) is 1. The molecule has 5 nitrogen and oxygen atoms in total. The molecule has 0 aliphatic heterocycles. The Bertz CT molecular complexity index is 358. The summed E-state index contributed by atoms with van der Waals surface area (Å²) in [5.41, 5.74) is 0. The third kappa shape index (κ3) is 2.38. The summed E-state index contributed by atoms with van der Waals surface area (Å²) in [7, 11) is 0. The number of hydrogen-bond donors (Lipinski definition) is 2. The highest BCUT2D eigenvalue weighted by Crippen LogP contribution is 2.17. The molecule has 0 spiro atoms. The molecule has 0 atom stereocenters. The van der Waals surface area contributed by atoms with Crippen molar-refractivity contribution in [2.45, 2.75) is 0 Å². The highest BCUT2D eigenvalue weighted by molar-refractivity contribution is 7.17. The number of thiazole rings is 1. The van der Waals surface area contributed by atoms with Crippen LogP contribution >= 0.6 is 11.3 Å². The third-order valence-electron chi connectivity index (χ3n) is 1.13. The zero-order chi connectivity index (χ0) is 9.84. The first-order chi connectivity index (χ1) is 6.13. The number of anilines is 1. The van der Waals surface area contributed by atoms with E-state index in [0.717, 1.165) is 17.4 Å². The smallest absolute Gasteiger partial charge is 0.347 e. The molecule has 13 heavy (non-hydrogen) atoms. The first-order valence-corrected chi connectivity index (χ1v) is 4.07. The lowest BCUT2D eigenvalue weighted by Gasteiger charge is -1.92. The summed E-state index contributed by atoms with van der Waals surface area (Å²) in [6.45, 7) is 3.25. The normalized spacial score (nSPS) is 9.23. The number of aromatic carboxylic acids is 1. The molecule has 0 fully saturated rings. The zero-order valence-corrected chi connectivity index (χ0v) is 7.30. The largest absolute Gasteiger partial charge is 0.477 e. The van der Waals surface area contributed by atoms with Crippen LogP contribution in [0.4, 0.5) is 5.13 Å². The van der Waals surface area contributed by atoms with Gasteiger partial charge in [-0.1, -0.05) is 17.9 Å². The van der Waals surface area contributed by atoms with Crippen molar-refractivity contribution in [3.8, 4) is 0 Å². The molecule has 0 bridgehead atoms. The molecule has 1 amide bonds. The van der Waals surface area contributed by atoms with Gasteiger partial charge in [-0.25, -0.2) is 9.78 Å². The van der Waals surface area contributed by atoms with E-state index in [1.165, 1.54) is 6.20 Å². The van der Waals surface area contributed by atoms with Crippen molar-refractivity contribution in [3.05, 3.63) is 23.7 Å². The van der Waals surface area contributed by atoms with Gasteiger partial charge >= 0.3 is 5.97 Å². The Hall–Kier alpha value is -1.69. The molecule has 0 aliphatic carbocycles. The molecule has 1 aromatic heterocycles. The van der Waals surface area contributed by atoms with E-state index in [1.807, 2.05) is 0 Å². The van der Waals surface area contributed by atoms with Crippen LogP contribution in [0.3, 0.4) is 0 Å². The van der Waals surface area contributed by atoms with Crippen molar-refractivity contribution in [2.24, 2.45) is 0 Å². The highest BCUT2D eigenvalue weighted by atomic mass is 32.1. The predicted molar refractivity (Wildman–Crippen MR) is 47.9 cm³/mol. The van der Waals surface area contributed by atoms with Gasteiger partial charge in [0.25, 0.3) is 0 Å². The molecule has 2 N–H and O–H groups in total. The highest BCUT2D eigenvalue weighted by Gasteiger charge is 2.08. The number of aromatic nitrogens is 1. The quantitative estimate of drug-likeness (QED) is 0.709. The summed E-state index contributed by atoms with van der Waals surface area (Å²) in [5.74, 6) is -1.47. The van der Waals surface area contributed by atoms with Gasteiger partial charge in [0.15, 0.2) is 5.13 Å². The summed E-state index contributed by atoms with van der Waals surface area (Å²) in [6, 6.07) is 0. The van der Waals surface area contributed by atoms with E-state index in [2.05, 4.69) is 16.9 Å². The van der Waals surface area contributed by atoms with Crippen molar-refractivity contribution in [1.29, 1.82) is 0 Å². The number of nitrogens with one attached hydrogen (secondary N) is 1.